The van der Waals surface area contributed by atoms with E-state index < -0.39 is 5.60 Å². The molecular weight excluding hydrogens is 307 g/mol. The molecule has 5 heteroatoms. The topological polar surface area (TPSA) is 32.8 Å². The zero-order chi connectivity index (χ0) is 17.3. The van der Waals surface area contributed by atoms with Crippen LogP contribution in [-0.2, 0) is 4.74 Å². The van der Waals surface area contributed by atoms with Crippen molar-refractivity contribution in [3.8, 4) is 0 Å². The summed E-state index contributed by atoms with van der Waals surface area (Å²) >= 11 is 0. The van der Waals surface area contributed by atoms with Gasteiger partial charge in [-0.2, -0.15) is 0 Å². The number of ether oxygens (including phenoxy) is 1. The number of hydrogen-bond donors (Lipinski definition) is 0. The molecule has 1 heterocycles. The number of piperazine rings is 1. The van der Waals surface area contributed by atoms with Gasteiger partial charge in [-0.15, -0.1) is 0 Å². The molecule has 2 aromatic rings. The number of halogens is 1. The molecule has 1 fully saturated rings. The molecule has 0 aliphatic carbocycles. The predicted octanol–water partition coefficient (Wildman–Crippen LogP) is 4.04. The average molecular weight is 330 g/mol. The molecule has 2 aromatic carbocycles. The van der Waals surface area contributed by atoms with Crippen molar-refractivity contribution in [3.63, 3.8) is 0 Å². The molecule has 1 saturated heterocycles. The van der Waals surface area contributed by atoms with Gasteiger partial charge in [0, 0.05) is 37.3 Å². The highest BCUT2D eigenvalue weighted by atomic mass is 19.1. The lowest BCUT2D eigenvalue weighted by atomic mass is 10.1. The predicted molar refractivity (Wildman–Crippen MR) is 93.9 cm³/mol. The number of nitrogens with zero attached hydrogens (tertiary/aromatic N) is 2. The second-order valence-corrected chi connectivity index (χ2v) is 7.10. The van der Waals surface area contributed by atoms with Gasteiger partial charge < -0.3 is 14.5 Å². The molecule has 0 aromatic heterocycles. The SMILES string of the molecule is CC(C)(C)OC(=O)N1CCN(c2ccc3cccc(F)c3c2)CC1. The van der Waals surface area contributed by atoms with Gasteiger partial charge in [-0.05, 0) is 44.4 Å². The number of amides is 1. The number of hydrogen-bond acceptors (Lipinski definition) is 3. The molecule has 0 saturated carbocycles. The van der Waals surface area contributed by atoms with Gasteiger partial charge in [-0.1, -0.05) is 18.2 Å². The largest absolute Gasteiger partial charge is 0.444 e. The number of benzene rings is 2. The van der Waals surface area contributed by atoms with Crippen LogP contribution in [0, 0.1) is 5.82 Å². The van der Waals surface area contributed by atoms with Crippen LogP contribution in [0.25, 0.3) is 10.8 Å². The van der Waals surface area contributed by atoms with Crippen molar-refractivity contribution >= 4 is 22.6 Å². The molecular formula is C19H23FN2O2. The van der Waals surface area contributed by atoms with Crippen molar-refractivity contribution < 1.29 is 13.9 Å². The van der Waals surface area contributed by atoms with E-state index in [1.807, 2.05) is 45.0 Å². The Balaban J connectivity index is 1.69. The van der Waals surface area contributed by atoms with E-state index in [2.05, 4.69) is 4.90 Å². The van der Waals surface area contributed by atoms with Crippen LogP contribution in [0.1, 0.15) is 20.8 Å². The van der Waals surface area contributed by atoms with Gasteiger partial charge in [-0.3, -0.25) is 0 Å². The first kappa shape index (κ1) is 16.6. The first-order chi connectivity index (χ1) is 11.3. The molecule has 0 radical (unpaired) electrons. The molecule has 24 heavy (non-hydrogen) atoms. The Labute approximate surface area is 141 Å². The number of fused-ring (bicyclic) bond motifs is 1. The molecule has 4 nitrogen and oxygen atoms in total. The van der Waals surface area contributed by atoms with Gasteiger partial charge in [-0.25, -0.2) is 9.18 Å². The molecule has 3 rings (SSSR count). The quantitative estimate of drug-likeness (QED) is 0.791. The maximum absolute atomic E-state index is 14.0. The zero-order valence-electron chi connectivity index (χ0n) is 14.4. The monoisotopic (exact) mass is 330 g/mol. The van der Waals surface area contributed by atoms with Crippen molar-refractivity contribution in [1.29, 1.82) is 0 Å². The van der Waals surface area contributed by atoms with Crippen LogP contribution in [0.3, 0.4) is 0 Å². The third-order valence-corrected chi connectivity index (χ3v) is 4.11. The zero-order valence-corrected chi connectivity index (χ0v) is 14.4. The molecule has 0 N–H and O–H groups in total. The Morgan fingerprint density at radius 2 is 1.79 bits per heavy atom. The molecule has 0 unspecified atom stereocenters. The van der Waals surface area contributed by atoms with Crippen molar-refractivity contribution in [2.24, 2.45) is 0 Å². The number of carbonyl (C=O) groups excluding carboxylic acids is 1. The van der Waals surface area contributed by atoms with Gasteiger partial charge >= 0.3 is 6.09 Å². The van der Waals surface area contributed by atoms with Gasteiger partial charge in [0.2, 0.25) is 0 Å². The van der Waals surface area contributed by atoms with Crippen LogP contribution >= 0.6 is 0 Å². The summed E-state index contributed by atoms with van der Waals surface area (Å²) in [6, 6.07) is 10.9. The van der Waals surface area contributed by atoms with E-state index >= 15 is 0 Å². The van der Waals surface area contributed by atoms with Gasteiger partial charge in [0.05, 0.1) is 0 Å². The normalized spacial score (nSPS) is 15.7. The Bertz CT molecular complexity index is 747. The number of anilines is 1. The lowest BCUT2D eigenvalue weighted by molar-refractivity contribution is 0.0240. The smallest absolute Gasteiger partial charge is 0.410 e. The van der Waals surface area contributed by atoms with Crippen molar-refractivity contribution in [2.75, 3.05) is 31.1 Å². The molecule has 1 aliphatic heterocycles. The van der Waals surface area contributed by atoms with Crippen LogP contribution in [-0.4, -0.2) is 42.8 Å². The minimum absolute atomic E-state index is 0.207. The summed E-state index contributed by atoms with van der Waals surface area (Å²) < 4.78 is 19.4. The van der Waals surface area contributed by atoms with E-state index in [0.717, 1.165) is 11.1 Å². The molecule has 1 amide bonds. The minimum Gasteiger partial charge on any atom is -0.444 e. The summed E-state index contributed by atoms with van der Waals surface area (Å²) in [4.78, 5) is 16.0. The summed E-state index contributed by atoms with van der Waals surface area (Å²) in [6.07, 6.45) is -0.272. The van der Waals surface area contributed by atoms with Crippen molar-refractivity contribution in [3.05, 3.63) is 42.2 Å². The first-order valence-corrected chi connectivity index (χ1v) is 8.25. The minimum atomic E-state index is -0.482. The Hall–Kier alpha value is -2.30. The second kappa shape index (κ2) is 6.30. The van der Waals surface area contributed by atoms with E-state index in [0.29, 0.717) is 31.6 Å². The maximum atomic E-state index is 14.0. The van der Waals surface area contributed by atoms with E-state index in [9.17, 15) is 9.18 Å². The molecule has 1 aliphatic rings. The fourth-order valence-electron chi connectivity index (χ4n) is 2.89. The highest BCUT2D eigenvalue weighted by molar-refractivity contribution is 5.86. The van der Waals surface area contributed by atoms with Crippen LogP contribution in [0.5, 0.6) is 0 Å². The Morgan fingerprint density at radius 3 is 2.46 bits per heavy atom. The van der Waals surface area contributed by atoms with Gasteiger partial charge in [0.15, 0.2) is 0 Å². The average Bonchev–Trinajstić information content (AvgIpc) is 2.53. The van der Waals surface area contributed by atoms with Crippen molar-refractivity contribution in [2.45, 2.75) is 26.4 Å². The maximum Gasteiger partial charge on any atom is 0.410 e. The number of rotatable bonds is 1. The molecule has 0 spiro atoms. The van der Waals surface area contributed by atoms with Gasteiger partial charge in [0.25, 0.3) is 0 Å². The highest BCUT2D eigenvalue weighted by Gasteiger charge is 2.26. The van der Waals surface area contributed by atoms with Crippen LogP contribution in [0.15, 0.2) is 36.4 Å². The Morgan fingerprint density at radius 1 is 1.08 bits per heavy atom. The summed E-state index contributed by atoms with van der Waals surface area (Å²) in [7, 11) is 0. The molecule has 128 valence electrons. The van der Waals surface area contributed by atoms with E-state index in [1.165, 1.54) is 6.07 Å². The third kappa shape index (κ3) is 3.61. The van der Waals surface area contributed by atoms with Gasteiger partial charge in [0.1, 0.15) is 11.4 Å². The second-order valence-electron chi connectivity index (χ2n) is 7.10. The highest BCUT2D eigenvalue weighted by Crippen LogP contribution is 2.25. The third-order valence-electron chi connectivity index (χ3n) is 4.11. The van der Waals surface area contributed by atoms with E-state index in [4.69, 9.17) is 4.74 Å². The standard InChI is InChI=1S/C19H23FN2O2/c1-19(2,3)24-18(23)22-11-9-21(10-12-22)15-8-7-14-5-4-6-17(20)16(14)13-15/h4-8,13H,9-12H2,1-3H3. The lowest BCUT2D eigenvalue weighted by Gasteiger charge is -2.36. The van der Waals surface area contributed by atoms with E-state index in [1.54, 1.807) is 11.0 Å². The molecule has 0 atom stereocenters. The fraction of sp³-hybridized carbons (Fsp3) is 0.421. The van der Waals surface area contributed by atoms with Crippen LogP contribution < -0.4 is 4.90 Å². The summed E-state index contributed by atoms with van der Waals surface area (Å²) in [5.41, 5.74) is 0.501. The number of carbonyl (C=O) groups is 1. The van der Waals surface area contributed by atoms with Crippen molar-refractivity contribution in [1.82, 2.24) is 4.90 Å². The lowest BCUT2D eigenvalue weighted by Crippen LogP contribution is -2.50. The fourth-order valence-corrected chi connectivity index (χ4v) is 2.89. The van der Waals surface area contributed by atoms with E-state index in [-0.39, 0.29) is 11.9 Å². The Kier molecular flexibility index (Phi) is 4.35. The summed E-state index contributed by atoms with van der Waals surface area (Å²) in [5, 5.41) is 1.52. The summed E-state index contributed by atoms with van der Waals surface area (Å²) in [5.74, 6) is -0.207. The molecule has 0 bridgehead atoms. The summed E-state index contributed by atoms with van der Waals surface area (Å²) in [6.45, 7) is 8.22. The van der Waals surface area contributed by atoms with Crippen LogP contribution in [0.2, 0.25) is 0 Å². The first-order valence-electron chi connectivity index (χ1n) is 8.25. The van der Waals surface area contributed by atoms with Crippen LogP contribution in [0.4, 0.5) is 14.9 Å².